The van der Waals surface area contributed by atoms with E-state index in [0.717, 1.165) is 43.5 Å². The van der Waals surface area contributed by atoms with E-state index in [1.165, 1.54) is 18.2 Å². The third-order valence-corrected chi connectivity index (χ3v) is 5.48. The van der Waals surface area contributed by atoms with Crippen LogP contribution in [0.1, 0.15) is 24.4 Å². The number of non-ortho nitro benzene ring substituents is 1. The highest BCUT2D eigenvalue weighted by molar-refractivity contribution is 7.89. The summed E-state index contributed by atoms with van der Waals surface area (Å²) < 4.78 is 27.2. The summed E-state index contributed by atoms with van der Waals surface area (Å²) in [5.74, 6) is 1.15. The van der Waals surface area contributed by atoms with E-state index >= 15 is 0 Å². The van der Waals surface area contributed by atoms with Crippen molar-refractivity contribution in [3.05, 3.63) is 52.0 Å². The number of hydrogen-bond acceptors (Lipinski definition) is 7. The molecule has 0 radical (unpaired) electrons. The molecule has 3 rings (SSSR count). The van der Waals surface area contributed by atoms with Gasteiger partial charge in [0.25, 0.3) is 5.69 Å². The molecule has 1 N–H and O–H groups in total. The smallest absolute Gasteiger partial charge is 0.270 e. The van der Waals surface area contributed by atoms with Gasteiger partial charge in [0.15, 0.2) is 0 Å². The zero-order chi connectivity index (χ0) is 18.7. The summed E-state index contributed by atoms with van der Waals surface area (Å²) in [4.78, 5) is 20.9. The van der Waals surface area contributed by atoms with Gasteiger partial charge in [0.2, 0.25) is 10.0 Å². The van der Waals surface area contributed by atoms with E-state index in [9.17, 15) is 18.5 Å². The van der Waals surface area contributed by atoms with Gasteiger partial charge < -0.3 is 4.90 Å². The van der Waals surface area contributed by atoms with Crippen LogP contribution in [-0.2, 0) is 16.6 Å². The minimum atomic E-state index is -3.91. The lowest BCUT2D eigenvalue weighted by Gasteiger charge is -2.17. The van der Waals surface area contributed by atoms with Crippen molar-refractivity contribution in [3.63, 3.8) is 0 Å². The van der Waals surface area contributed by atoms with E-state index in [4.69, 9.17) is 0 Å². The van der Waals surface area contributed by atoms with Crippen molar-refractivity contribution in [1.29, 1.82) is 0 Å². The molecule has 1 aromatic carbocycles. The van der Waals surface area contributed by atoms with Crippen LogP contribution >= 0.6 is 0 Å². The molecule has 0 atom stereocenters. The fourth-order valence-corrected chi connectivity index (χ4v) is 3.83. The maximum atomic E-state index is 12.4. The first kappa shape index (κ1) is 18.2. The molecule has 138 valence electrons. The van der Waals surface area contributed by atoms with Gasteiger partial charge in [-0.3, -0.25) is 10.1 Å². The van der Waals surface area contributed by atoms with Crippen molar-refractivity contribution in [1.82, 2.24) is 14.7 Å². The number of aromatic nitrogens is 2. The van der Waals surface area contributed by atoms with E-state index in [1.54, 1.807) is 0 Å². The maximum absolute atomic E-state index is 12.4. The lowest BCUT2D eigenvalue weighted by molar-refractivity contribution is -0.385. The molecule has 0 bridgehead atoms. The highest BCUT2D eigenvalue weighted by Crippen LogP contribution is 2.19. The monoisotopic (exact) mass is 377 g/mol. The normalized spacial score (nSPS) is 14.6. The Hall–Kier alpha value is -2.59. The number of nitrogens with one attached hydrogen (secondary N) is 1. The Bertz CT molecular complexity index is 926. The van der Waals surface area contributed by atoms with Crippen molar-refractivity contribution < 1.29 is 13.3 Å². The van der Waals surface area contributed by atoms with Crippen LogP contribution in [-0.4, -0.2) is 36.4 Å². The van der Waals surface area contributed by atoms with Crippen LogP contribution in [0.3, 0.4) is 0 Å². The zero-order valence-electron chi connectivity index (χ0n) is 14.3. The van der Waals surface area contributed by atoms with Crippen molar-refractivity contribution in [2.24, 2.45) is 0 Å². The predicted molar refractivity (Wildman–Crippen MR) is 95.3 cm³/mol. The molecule has 1 aliphatic rings. The second-order valence-corrected chi connectivity index (χ2v) is 7.82. The summed E-state index contributed by atoms with van der Waals surface area (Å²) in [6.07, 6.45) is 2.22. The standard InChI is InChI=1S/C16H19N5O4S/c1-12-9-16(20-7-2-3-8-20)19-15(18-12)11-17-26(24,25)14-6-4-5-13(10-14)21(22)23/h4-6,9-10,17H,2-3,7-8,11H2,1H3. The van der Waals surface area contributed by atoms with Crippen LogP contribution in [0, 0.1) is 17.0 Å². The molecule has 0 saturated carbocycles. The Morgan fingerprint density at radius 2 is 1.96 bits per heavy atom. The minimum Gasteiger partial charge on any atom is -0.357 e. The summed E-state index contributed by atoms with van der Waals surface area (Å²) in [5.41, 5.74) is 0.474. The molecule has 10 heteroatoms. The number of benzene rings is 1. The Labute approximate surface area is 151 Å². The summed E-state index contributed by atoms with van der Waals surface area (Å²) in [5, 5.41) is 10.8. The molecule has 26 heavy (non-hydrogen) atoms. The van der Waals surface area contributed by atoms with Gasteiger partial charge in [0.1, 0.15) is 11.6 Å². The van der Waals surface area contributed by atoms with Crippen LogP contribution in [0.25, 0.3) is 0 Å². The topological polar surface area (TPSA) is 118 Å². The second kappa shape index (κ2) is 7.34. The average molecular weight is 377 g/mol. The quantitative estimate of drug-likeness (QED) is 0.602. The molecule has 0 amide bonds. The lowest BCUT2D eigenvalue weighted by atomic mass is 10.3. The molecular formula is C16H19N5O4S. The Morgan fingerprint density at radius 3 is 2.65 bits per heavy atom. The number of nitro groups is 1. The largest absolute Gasteiger partial charge is 0.357 e. The highest BCUT2D eigenvalue weighted by atomic mass is 32.2. The van der Waals surface area contributed by atoms with Gasteiger partial charge in [-0.1, -0.05) is 6.07 Å². The molecule has 2 heterocycles. The van der Waals surface area contributed by atoms with Gasteiger partial charge in [0.05, 0.1) is 16.4 Å². The maximum Gasteiger partial charge on any atom is 0.270 e. The van der Waals surface area contributed by atoms with Crippen LogP contribution in [0.2, 0.25) is 0 Å². The van der Waals surface area contributed by atoms with Crippen LogP contribution < -0.4 is 9.62 Å². The van der Waals surface area contributed by atoms with Crippen molar-refractivity contribution in [2.45, 2.75) is 31.2 Å². The first-order chi connectivity index (χ1) is 12.3. The first-order valence-electron chi connectivity index (χ1n) is 8.19. The Kier molecular flexibility index (Phi) is 5.14. The van der Waals surface area contributed by atoms with Crippen molar-refractivity contribution in [3.8, 4) is 0 Å². The van der Waals surface area contributed by atoms with Crippen molar-refractivity contribution in [2.75, 3.05) is 18.0 Å². The van der Waals surface area contributed by atoms with Crippen LogP contribution in [0.4, 0.5) is 11.5 Å². The number of sulfonamides is 1. The molecule has 2 aromatic rings. The summed E-state index contributed by atoms with van der Waals surface area (Å²) in [7, 11) is -3.91. The number of nitro benzene ring substituents is 1. The van der Waals surface area contributed by atoms with E-state index in [2.05, 4.69) is 19.6 Å². The molecule has 1 fully saturated rings. The molecule has 0 spiro atoms. The minimum absolute atomic E-state index is 0.0897. The molecular weight excluding hydrogens is 358 g/mol. The number of anilines is 1. The third kappa shape index (κ3) is 4.14. The van der Waals surface area contributed by atoms with Crippen molar-refractivity contribution >= 4 is 21.5 Å². The highest BCUT2D eigenvalue weighted by Gasteiger charge is 2.19. The first-order valence-corrected chi connectivity index (χ1v) is 9.67. The van der Waals surface area contributed by atoms with Gasteiger partial charge in [-0.15, -0.1) is 0 Å². The Morgan fingerprint density at radius 1 is 1.23 bits per heavy atom. The van der Waals surface area contributed by atoms with E-state index in [0.29, 0.717) is 5.82 Å². The van der Waals surface area contributed by atoms with E-state index in [-0.39, 0.29) is 17.1 Å². The third-order valence-electron chi connectivity index (χ3n) is 4.08. The molecule has 9 nitrogen and oxygen atoms in total. The molecule has 1 aromatic heterocycles. The number of nitrogens with zero attached hydrogens (tertiary/aromatic N) is 4. The number of hydrogen-bond donors (Lipinski definition) is 1. The van der Waals surface area contributed by atoms with Gasteiger partial charge >= 0.3 is 0 Å². The Balaban J connectivity index is 1.77. The van der Waals surface area contributed by atoms with Gasteiger partial charge in [-0.25, -0.2) is 23.1 Å². The summed E-state index contributed by atoms with van der Waals surface area (Å²) in [6.45, 7) is 3.60. The SMILES string of the molecule is Cc1cc(N2CCCC2)nc(CNS(=O)(=O)c2cccc([N+](=O)[O-])c2)n1. The fourth-order valence-electron chi connectivity index (χ4n) is 2.81. The zero-order valence-corrected chi connectivity index (χ0v) is 15.1. The predicted octanol–water partition coefficient (Wildman–Crippen LogP) is 1.77. The molecule has 1 aliphatic heterocycles. The van der Waals surface area contributed by atoms with Gasteiger partial charge in [0, 0.05) is 37.0 Å². The summed E-state index contributed by atoms with van der Waals surface area (Å²) >= 11 is 0. The number of rotatable bonds is 6. The van der Waals surface area contributed by atoms with E-state index < -0.39 is 14.9 Å². The molecule has 0 unspecified atom stereocenters. The van der Waals surface area contributed by atoms with Gasteiger partial charge in [-0.05, 0) is 25.8 Å². The van der Waals surface area contributed by atoms with Crippen LogP contribution in [0.5, 0.6) is 0 Å². The average Bonchev–Trinajstić information content (AvgIpc) is 3.14. The summed E-state index contributed by atoms with van der Waals surface area (Å²) in [6, 6.07) is 6.79. The fraction of sp³-hybridized carbons (Fsp3) is 0.375. The molecule has 0 aliphatic carbocycles. The second-order valence-electron chi connectivity index (χ2n) is 6.06. The molecule has 1 saturated heterocycles. The van der Waals surface area contributed by atoms with Gasteiger partial charge in [-0.2, -0.15) is 0 Å². The number of aryl methyl sites for hydroxylation is 1. The van der Waals surface area contributed by atoms with E-state index in [1.807, 2.05) is 13.0 Å². The lowest BCUT2D eigenvalue weighted by Crippen LogP contribution is -2.26. The van der Waals surface area contributed by atoms with Crippen LogP contribution in [0.15, 0.2) is 35.2 Å².